The van der Waals surface area contributed by atoms with E-state index in [0.29, 0.717) is 11.2 Å². The molecule has 0 aromatic heterocycles. The minimum Gasteiger partial charge on any atom is -0.464 e. The molecule has 0 heterocycles. The normalized spacial score (nSPS) is 11.8. The van der Waals surface area contributed by atoms with Gasteiger partial charge in [0.25, 0.3) is 0 Å². The van der Waals surface area contributed by atoms with Crippen molar-refractivity contribution in [3.63, 3.8) is 0 Å². The number of halogens is 1. The standard InChI is InChI=1S/C8H7FO3S/c9-13(10,11)7-6-12-8-4-2-1-3-5-8/h1-7H/b7-6+. The van der Waals surface area contributed by atoms with Crippen molar-refractivity contribution in [3.8, 4) is 5.75 Å². The molecule has 70 valence electrons. The molecular weight excluding hydrogens is 195 g/mol. The maximum absolute atomic E-state index is 11.9. The topological polar surface area (TPSA) is 43.4 Å². The molecule has 0 aliphatic rings. The lowest BCUT2D eigenvalue weighted by atomic mass is 10.3. The molecule has 0 radical (unpaired) electrons. The van der Waals surface area contributed by atoms with E-state index in [1.54, 1.807) is 30.3 Å². The second-order valence-corrected chi connectivity index (χ2v) is 3.40. The zero-order chi connectivity index (χ0) is 9.73. The average molecular weight is 202 g/mol. The number of benzene rings is 1. The minimum absolute atomic E-state index is 0.347. The summed E-state index contributed by atoms with van der Waals surface area (Å²) in [7, 11) is -4.60. The predicted molar refractivity (Wildman–Crippen MR) is 46.2 cm³/mol. The molecule has 0 spiro atoms. The lowest BCUT2D eigenvalue weighted by Crippen LogP contribution is -1.85. The monoisotopic (exact) mass is 202 g/mol. The molecule has 0 aliphatic heterocycles. The van der Waals surface area contributed by atoms with Gasteiger partial charge in [0.05, 0.1) is 5.41 Å². The third-order valence-corrected chi connectivity index (χ3v) is 1.60. The van der Waals surface area contributed by atoms with Crippen LogP contribution in [-0.4, -0.2) is 8.42 Å². The SMILES string of the molecule is O=S(=O)(F)/C=C/Oc1ccccc1. The predicted octanol–water partition coefficient (Wildman–Crippen LogP) is 1.84. The van der Waals surface area contributed by atoms with Crippen molar-refractivity contribution < 1.29 is 17.0 Å². The Kier molecular flexibility index (Phi) is 3.02. The fourth-order valence-electron chi connectivity index (χ4n) is 0.672. The van der Waals surface area contributed by atoms with Crippen molar-refractivity contribution in [2.75, 3.05) is 0 Å². The van der Waals surface area contributed by atoms with Gasteiger partial charge >= 0.3 is 10.2 Å². The number of para-hydroxylation sites is 1. The first-order chi connectivity index (χ1) is 6.08. The Morgan fingerprint density at radius 2 is 1.85 bits per heavy atom. The molecule has 0 bridgehead atoms. The van der Waals surface area contributed by atoms with Gasteiger partial charge in [0, 0.05) is 0 Å². The van der Waals surface area contributed by atoms with Crippen LogP contribution < -0.4 is 4.74 Å². The maximum atomic E-state index is 11.9. The fraction of sp³-hybridized carbons (Fsp3) is 0. The molecule has 1 aromatic rings. The van der Waals surface area contributed by atoms with Gasteiger partial charge in [0.1, 0.15) is 12.0 Å². The van der Waals surface area contributed by atoms with Crippen LogP contribution in [0.25, 0.3) is 0 Å². The molecule has 0 amide bonds. The smallest absolute Gasteiger partial charge is 0.328 e. The Bertz CT molecular complexity index is 383. The van der Waals surface area contributed by atoms with E-state index >= 15 is 0 Å². The molecule has 5 heteroatoms. The lowest BCUT2D eigenvalue weighted by Gasteiger charge is -1.96. The zero-order valence-electron chi connectivity index (χ0n) is 6.55. The van der Waals surface area contributed by atoms with Crippen LogP contribution >= 0.6 is 0 Å². The van der Waals surface area contributed by atoms with Crippen molar-refractivity contribution in [3.05, 3.63) is 42.0 Å². The van der Waals surface area contributed by atoms with E-state index in [2.05, 4.69) is 0 Å². The molecular formula is C8H7FO3S. The van der Waals surface area contributed by atoms with Gasteiger partial charge in [-0.3, -0.25) is 0 Å². The minimum atomic E-state index is -4.60. The molecule has 0 saturated heterocycles. The first kappa shape index (κ1) is 9.73. The molecule has 0 aliphatic carbocycles. The summed E-state index contributed by atoms with van der Waals surface area (Å²) in [5.41, 5.74) is 0. The first-order valence-electron chi connectivity index (χ1n) is 3.41. The second-order valence-electron chi connectivity index (χ2n) is 2.18. The van der Waals surface area contributed by atoms with Gasteiger partial charge in [-0.25, -0.2) is 0 Å². The van der Waals surface area contributed by atoms with Crippen LogP contribution in [0.4, 0.5) is 3.89 Å². The van der Waals surface area contributed by atoms with Gasteiger partial charge in [0.2, 0.25) is 0 Å². The van der Waals surface area contributed by atoms with Gasteiger partial charge in [-0.2, -0.15) is 8.42 Å². The molecule has 0 saturated carbocycles. The van der Waals surface area contributed by atoms with Crippen LogP contribution in [-0.2, 0) is 10.2 Å². The van der Waals surface area contributed by atoms with Crippen LogP contribution in [0.5, 0.6) is 5.75 Å². The van der Waals surface area contributed by atoms with Gasteiger partial charge in [-0.15, -0.1) is 3.89 Å². The summed E-state index contributed by atoms with van der Waals surface area (Å²) in [6, 6.07) is 8.45. The van der Waals surface area contributed by atoms with Crippen molar-refractivity contribution in [2.45, 2.75) is 0 Å². The number of hydrogen-bond acceptors (Lipinski definition) is 3. The highest BCUT2D eigenvalue weighted by Gasteiger charge is 1.98. The molecule has 0 atom stereocenters. The van der Waals surface area contributed by atoms with Gasteiger partial charge in [-0.1, -0.05) is 18.2 Å². The fourth-order valence-corrected chi connectivity index (χ4v) is 0.860. The summed E-state index contributed by atoms with van der Waals surface area (Å²) in [6.07, 6.45) is 0.782. The molecule has 1 aromatic carbocycles. The van der Waals surface area contributed by atoms with Crippen molar-refractivity contribution >= 4 is 10.2 Å². The Balaban J connectivity index is 2.59. The van der Waals surface area contributed by atoms with E-state index in [-0.39, 0.29) is 0 Å². The van der Waals surface area contributed by atoms with Crippen molar-refractivity contribution in [1.82, 2.24) is 0 Å². The summed E-state index contributed by atoms with van der Waals surface area (Å²) in [4.78, 5) is 0. The Hall–Kier alpha value is -1.36. The first-order valence-corrected chi connectivity index (χ1v) is 4.85. The third kappa shape index (κ3) is 4.27. The summed E-state index contributed by atoms with van der Waals surface area (Å²) in [5, 5.41) is 0.347. The largest absolute Gasteiger partial charge is 0.464 e. The van der Waals surface area contributed by atoms with Crippen molar-refractivity contribution in [2.24, 2.45) is 0 Å². The van der Waals surface area contributed by atoms with Gasteiger partial charge in [0.15, 0.2) is 0 Å². The lowest BCUT2D eigenvalue weighted by molar-refractivity contribution is 0.480. The summed E-state index contributed by atoms with van der Waals surface area (Å²) < 4.78 is 36.7. The number of ether oxygens (including phenoxy) is 1. The van der Waals surface area contributed by atoms with Crippen LogP contribution in [0.2, 0.25) is 0 Å². The van der Waals surface area contributed by atoms with E-state index in [9.17, 15) is 12.3 Å². The Morgan fingerprint density at radius 1 is 1.23 bits per heavy atom. The van der Waals surface area contributed by atoms with E-state index in [1.807, 2.05) is 0 Å². The van der Waals surface area contributed by atoms with E-state index in [1.165, 1.54) is 0 Å². The van der Waals surface area contributed by atoms with Gasteiger partial charge < -0.3 is 4.74 Å². The van der Waals surface area contributed by atoms with Crippen molar-refractivity contribution in [1.29, 1.82) is 0 Å². The second kappa shape index (κ2) is 4.04. The van der Waals surface area contributed by atoms with Crippen LogP contribution in [0.1, 0.15) is 0 Å². The highest BCUT2D eigenvalue weighted by atomic mass is 32.3. The highest BCUT2D eigenvalue weighted by molar-refractivity contribution is 7.89. The quantitative estimate of drug-likeness (QED) is 0.554. The maximum Gasteiger partial charge on any atom is 0.328 e. The van der Waals surface area contributed by atoms with E-state index in [0.717, 1.165) is 6.26 Å². The molecule has 13 heavy (non-hydrogen) atoms. The van der Waals surface area contributed by atoms with Gasteiger partial charge in [-0.05, 0) is 12.1 Å². The zero-order valence-corrected chi connectivity index (χ0v) is 7.37. The van der Waals surface area contributed by atoms with E-state index < -0.39 is 10.2 Å². The molecule has 0 N–H and O–H groups in total. The Morgan fingerprint density at radius 3 is 2.38 bits per heavy atom. The molecule has 3 nitrogen and oxygen atoms in total. The third-order valence-electron chi connectivity index (χ3n) is 1.17. The molecule has 0 unspecified atom stereocenters. The van der Waals surface area contributed by atoms with Crippen LogP contribution in [0.15, 0.2) is 42.0 Å². The summed E-state index contributed by atoms with van der Waals surface area (Å²) >= 11 is 0. The van der Waals surface area contributed by atoms with Crippen LogP contribution in [0, 0.1) is 0 Å². The average Bonchev–Trinajstić information content (AvgIpc) is 2.04. The van der Waals surface area contributed by atoms with E-state index in [4.69, 9.17) is 4.74 Å². The van der Waals surface area contributed by atoms with Crippen LogP contribution in [0.3, 0.4) is 0 Å². The molecule has 0 fully saturated rings. The number of hydrogen-bond donors (Lipinski definition) is 0. The Labute approximate surface area is 75.7 Å². The number of rotatable bonds is 3. The summed E-state index contributed by atoms with van der Waals surface area (Å²) in [6.45, 7) is 0. The summed E-state index contributed by atoms with van der Waals surface area (Å²) in [5.74, 6) is 0.447. The highest BCUT2D eigenvalue weighted by Crippen LogP contribution is 2.08. The molecule has 1 rings (SSSR count).